The quantitative estimate of drug-likeness (QED) is 0.753. The van der Waals surface area contributed by atoms with Crippen LogP contribution in [0.25, 0.3) is 11.0 Å². The fourth-order valence-electron chi connectivity index (χ4n) is 3.20. The van der Waals surface area contributed by atoms with E-state index in [0.717, 1.165) is 42.1 Å². The molecular formula is C18H19FN4OS. The average molecular weight is 358 g/mol. The molecule has 0 aliphatic carbocycles. The average Bonchev–Trinajstić information content (AvgIpc) is 3.29. The van der Waals surface area contributed by atoms with Crippen LogP contribution in [0.4, 0.5) is 4.39 Å². The summed E-state index contributed by atoms with van der Waals surface area (Å²) in [7, 11) is 0. The molecule has 0 atom stereocenters. The molecule has 2 aromatic heterocycles. The molecule has 0 unspecified atom stereocenters. The lowest BCUT2D eigenvalue weighted by Gasteiger charge is -2.32. The van der Waals surface area contributed by atoms with Gasteiger partial charge in [-0.3, -0.25) is 4.79 Å². The zero-order chi connectivity index (χ0) is 17.2. The molecule has 1 aliphatic rings. The van der Waals surface area contributed by atoms with Gasteiger partial charge < -0.3 is 15.2 Å². The first kappa shape index (κ1) is 16.2. The molecule has 7 heteroatoms. The molecule has 130 valence electrons. The van der Waals surface area contributed by atoms with Gasteiger partial charge in [-0.1, -0.05) is 6.07 Å². The summed E-state index contributed by atoms with van der Waals surface area (Å²) in [4.78, 5) is 22.7. The predicted molar refractivity (Wildman–Crippen MR) is 96.1 cm³/mol. The predicted octanol–water partition coefficient (Wildman–Crippen LogP) is 3.16. The van der Waals surface area contributed by atoms with Crippen LogP contribution in [0.3, 0.4) is 0 Å². The number of imidazole rings is 1. The Bertz CT molecular complexity index is 868. The van der Waals surface area contributed by atoms with Gasteiger partial charge in [-0.05, 0) is 42.5 Å². The Hall–Kier alpha value is -2.25. The van der Waals surface area contributed by atoms with E-state index in [0.29, 0.717) is 18.1 Å². The molecule has 1 aliphatic heterocycles. The van der Waals surface area contributed by atoms with Gasteiger partial charge in [0.05, 0.1) is 22.5 Å². The number of nitrogens with one attached hydrogen (secondary N) is 2. The molecule has 4 rings (SSSR count). The van der Waals surface area contributed by atoms with Crippen molar-refractivity contribution in [3.05, 3.63) is 52.2 Å². The highest BCUT2D eigenvalue weighted by molar-refractivity contribution is 7.12. The smallest absolute Gasteiger partial charge is 0.263 e. The molecule has 0 spiro atoms. The molecule has 1 saturated heterocycles. The first-order valence-electron chi connectivity index (χ1n) is 8.39. The van der Waals surface area contributed by atoms with Crippen molar-refractivity contribution in [2.24, 2.45) is 0 Å². The molecule has 1 fully saturated rings. The first-order valence-corrected chi connectivity index (χ1v) is 9.27. The molecule has 0 saturated carbocycles. The number of nitrogens with zero attached hydrogens (tertiary/aromatic N) is 2. The van der Waals surface area contributed by atoms with Gasteiger partial charge in [0.2, 0.25) is 0 Å². The molecule has 25 heavy (non-hydrogen) atoms. The summed E-state index contributed by atoms with van der Waals surface area (Å²) in [5.41, 5.74) is 1.49. The van der Waals surface area contributed by atoms with Gasteiger partial charge in [0, 0.05) is 19.1 Å². The highest BCUT2D eigenvalue weighted by Crippen LogP contribution is 2.18. The number of likely N-dealkylation sites (tertiary alicyclic amines) is 1. The van der Waals surface area contributed by atoms with Crippen LogP contribution in [0.15, 0.2) is 35.7 Å². The summed E-state index contributed by atoms with van der Waals surface area (Å²) < 4.78 is 13.2. The van der Waals surface area contributed by atoms with Crippen LogP contribution in [-0.4, -0.2) is 39.9 Å². The lowest BCUT2D eigenvalue weighted by molar-refractivity contribution is 0.0709. The Morgan fingerprint density at radius 2 is 2.20 bits per heavy atom. The minimum Gasteiger partial charge on any atom is -0.341 e. The largest absolute Gasteiger partial charge is 0.341 e. The number of carbonyl (C=O) groups excluding carboxylic acids is 1. The van der Waals surface area contributed by atoms with E-state index in [9.17, 15) is 9.18 Å². The molecular weight excluding hydrogens is 339 g/mol. The molecule has 1 amide bonds. The van der Waals surface area contributed by atoms with Crippen molar-refractivity contribution >= 4 is 28.3 Å². The number of H-pyrrole nitrogens is 1. The summed E-state index contributed by atoms with van der Waals surface area (Å²) in [6.07, 6.45) is 1.85. The fourth-order valence-corrected chi connectivity index (χ4v) is 3.89. The van der Waals surface area contributed by atoms with Gasteiger partial charge in [0.25, 0.3) is 5.91 Å². The minimum absolute atomic E-state index is 0.132. The number of fused-ring (bicyclic) bond motifs is 1. The Morgan fingerprint density at radius 3 is 2.96 bits per heavy atom. The Labute approximate surface area is 148 Å². The third kappa shape index (κ3) is 3.57. The van der Waals surface area contributed by atoms with Gasteiger partial charge in [-0.25, -0.2) is 9.37 Å². The molecule has 2 N–H and O–H groups in total. The Balaban J connectivity index is 1.30. The fraction of sp³-hybridized carbons (Fsp3) is 0.333. The van der Waals surface area contributed by atoms with Crippen LogP contribution in [-0.2, 0) is 6.54 Å². The van der Waals surface area contributed by atoms with Gasteiger partial charge in [0.15, 0.2) is 0 Å². The summed E-state index contributed by atoms with van der Waals surface area (Å²) >= 11 is 1.49. The maximum Gasteiger partial charge on any atom is 0.263 e. The normalized spacial score (nSPS) is 15.8. The third-order valence-electron chi connectivity index (χ3n) is 4.57. The number of rotatable bonds is 4. The van der Waals surface area contributed by atoms with E-state index in [-0.39, 0.29) is 11.7 Å². The maximum absolute atomic E-state index is 13.2. The monoisotopic (exact) mass is 358 g/mol. The Kier molecular flexibility index (Phi) is 4.50. The molecule has 0 radical (unpaired) electrons. The van der Waals surface area contributed by atoms with Crippen molar-refractivity contribution in [1.82, 2.24) is 20.2 Å². The van der Waals surface area contributed by atoms with E-state index in [2.05, 4.69) is 15.3 Å². The van der Waals surface area contributed by atoms with E-state index >= 15 is 0 Å². The maximum atomic E-state index is 13.2. The highest BCUT2D eigenvalue weighted by atomic mass is 32.1. The lowest BCUT2D eigenvalue weighted by atomic mass is 10.0. The number of benzene rings is 1. The van der Waals surface area contributed by atoms with Crippen LogP contribution in [0.1, 0.15) is 28.3 Å². The zero-order valence-electron chi connectivity index (χ0n) is 13.7. The number of hydrogen-bond acceptors (Lipinski definition) is 4. The van der Waals surface area contributed by atoms with Crippen molar-refractivity contribution in [1.29, 1.82) is 0 Å². The van der Waals surface area contributed by atoms with Crippen LogP contribution in [0.5, 0.6) is 0 Å². The number of amides is 1. The SMILES string of the molecule is O=C(c1cccs1)N1CCC(NCc2nc3ccc(F)cc3[nH]2)CC1. The van der Waals surface area contributed by atoms with Crippen molar-refractivity contribution in [2.75, 3.05) is 13.1 Å². The highest BCUT2D eigenvalue weighted by Gasteiger charge is 2.24. The number of hydrogen-bond donors (Lipinski definition) is 2. The topological polar surface area (TPSA) is 61.0 Å². The first-order chi connectivity index (χ1) is 12.2. The number of thiophene rings is 1. The van der Waals surface area contributed by atoms with E-state index in [1.165, 1.54) is 23.5 Å². The molecule has 3 aromatic rings. The molecule has 0 bridgehead atoms. The number of aromatic nitrogens is 2. The van der Waals surface area contributed by atoms with Crippen LogP contribution in [0, 0.1) is 5.82 Å². The number of piperidine rings is 1. The summed E-state index contributed by atoms with van der Waals surface area (Å²) in [6, 6.07) is 8.70. The molecule has 5 nitrogen and oxygen atoms in total. The van der Waals surface area contributed by atoms with Crippen molar-refractivity contribution in [3.8, 4) is 0 Å². The van der Waals surface area contributed by atoms with Crippen LogP contribution in [0.2, 0.25) is 0 Å². The zero-order valence-corrected chi connectivity index (χ0v) is 14.5. The summed E-state index contributed by atoms with van der Waals surface area (Å²) in [5, 5.41) is 5.42. The number of carbonyl (C=O) groups is 1. The minimum atomic E-state index is -0.265. The summed E-state index contributed by atoms with van der Waals surface area (Å²) in [6.45, 7) is 2.14. The lowest BCUT2D eigenvalue weighted by Crippen LogP contribution is -2.44. The third-order valence-corrected chi connectivity index (χ3v) is 5.42. The van der Waals surface area contributed by atoms with Crippen molar-refractivity contribution < 1.29 is 9.18 Å². The number of halogens is 1. The van der Waals surface area contributed by atoms with Crippen LogP contribution < -0.4 is 5.32 Å². The van der Waals surface area contributed by atoms with Gasteiger partial charge in [-0.15, -0.1) is 11.3 Å². The standard InChI is InChI=1S/C18H19FN4OS/c19-12-3-4-14-15(10-12)22-17(21-14)11-20-13-5-7-23(8-6-13)18(24)16-2-1-9-25-16/h1-4,9-10,13,20H,5-8,11H2,(H,21,22). The van der Waals surface area contributed by atoms with E-state index in [1.807, 2.05) is 22.4 Å². The second-order valence-electron chi connectivity index (χ2n) is 6.27. The molecule has 1 aromatic carbocycles. The number of aromatic amines is 1. The second-order valence-corrected chi connectivity index (χ2v) is 7.22. The Morgan fingerprint density at radius 1 is 1.36 bits per heavy atom. The second kappa shape index (κ2) is 6.93. The van der Waals surface area contributed by atoms with E-state index in [1.54, 1.807) is 6.07 Å². The van der Waals surface area contributed by atoms with Gasteiger partial charge >= 0.3 is 0 Å². The van der Waals surface area contributed by atoms with Gasteiger partial charge in [-0.2, -0.15) is 0 Å². The van der Waals surface area contributed by atoms with Crippen molar-refractivity contribution in [2.45, 2.75) is 25.4 Å². The summed E-state index contributed by atoms with van der Waals surface area (Å²) in [5.74, 6) is 0.670. The van der Waals surface area contributed by atoms with E-state index < -0.39 is 0 Å². The van der Waals surface area contributed by atoms with E-state index in [4.69, 9.17) is 0 Å². The van der Waals surface area contributed by atoms with Crippen molar-refractivity contribution in [3.63, 3.8) is 0 Å². The van der Waals surface area contributed by atoms with Gasteiger partial charge in [0.1, 0.15) is 11.6 Å². The van der Waals surface area contributed by atoms with Crippen LogP contribution >= 0.6 is 11.3 Å². The molecule has 3 heterocycles.